The van der Waals surface area contributed by atoms with Crippen LogP contribution in [0.25, 0.3) is 0 Å². The van der Waals surface area contributed by atoms with Gasteiger partial charge in [-0.05, 0) is 36.1 Å². The Morgan fingerprint density at radius 1 is 0.885 bits per heavy atom. The molecule has 0 saturated carbocycles. The Hall–Kier alpha value is -1.88. The molecule has 2 N–H and O–H groups in total. The number of rotatable bonds is 11. The molecule has 4 nitrogen and oxygen atoms in total. The first-order chi connectivity index (χ1) is 12.6. The maximum atomic E-state index is 10.0. The molecule has 0 fully saturated rings. The maximum Gasteiger partial charge on any atom is 0.119 e. The fourth-order valence-electron chi connectivity index (χ4n) is 2.62. The normalized spacial score (nSPS) is 13.6. The minimum absolute atomic E-state index is 0.197. The number of hydrogen-bond acceptors (Lipinski definition) is 4. The van der Waals surface area contributed by atoms with Gasteiger partial charge in [-0.25, -0.2) is 0 Å². The number of ether oxygens (including phenoxy) is 2. The summed E-state index contributed by atoms with van der Waals surface area (Å²) in [6, 6.07) is 18.5. The van der Waals surface area contributed by atoms with Crippen LogP contribution in [0.5, 0.6) is 5.75 Å². The topological polar surface area (TPSA) is 50.7 Å². The minimum atomic E-state index is -0.536. The summed E-state index contributed by atoms with van der Waals surface area (Å²) in [5.41, 5.74) is 2.51. The summed E-state index contributed by atoms with van der Waals surface area (Å²) in [4.78, 5) is 0. The van der Waals surface area contributed by atoms with Gasteiger partial charge in [-0.15, -0.1) is 0 Å². The highest BCUT2D eigenvalue weighted by Crippen LogP contribution is 2.18. The summed E-state index contributed by atoms with van der Waals surface area (Å²) >= 11 is 0. The first-order valence-corrected chi connectivity index (χ1v) is 9.33. The third kappa shape index (κ3) is 7.16. The van der Waals surface area contributed by atoms with Crippen molar-refractivity contribution in [3.05, 3.63) is 65.7 Å². The number of nitrogens with one attached hydrogen (secondary N) is 1. The van der Waals surface area contributed by atoms with Gasteiger partial charge in [0.05, 0.1) is 19.3 Å². The Labute approximate surface area is 157 Å². The molecule has 2 rings (SSSR count). The molecule has 0 aliphatic rings. The van der Waals surface area contributed by atoms with Gasteiger partial charge in [-0.3, -0.25) is 0 Å². The molecule has 0 saturated heterocycles. The van der Waals surface area contributed by atoms with Crippen LogP contribution in [0.15, 0.2) is 54.6 Å². The maximum absolute atomic E-state index is 10.0. The van der Waals surface area contributed by atoms with E-state index in [4.69, 9.17) is 9.47 Å². The lowest BCUT2D eigenvalue weighted by atomic mass is 10.0. The van der Waals surface area contributed by atoms with Gasteiger partial charge < -0.3 is 19.9 Å². The predicted octanol–water partition coefficient (Wildman–Crippen LogP) is 3.92. The number of benzene rings is 2. The highest BCUT2D eigenvalue weighted by atomic mass is 16.5. The molecule has 0 unspecified atom stereocenters. The summed E-state index contributed by atoms with van der Waals surface area (Å²) < 4.78 is 11.2. The summed E-state index contributed by atoms with van der Waals surface area (Å²) in [5, 5.41) is 13.3. The van der Waals surface area contributed by atoms with E-state index in [-0.39, 0.29) is 6.04 Å². The minimum Gasteiger partial charge on any atom is -0.491 e. The van der Waals surface area contributed by atoms with Gasteiger partial charge >= 0.3 is 0 Å². The van der Waals surface area contributed by atoms with Gasteiger partial charge in [0, 0.05) is 12.6 Å². The molecule has 2 atom stereocenters. The van der Waals surface area contributed by atoms with E-state index in [9.17, 15) is 5.11 Å². The van der Waals surface area contributed by atoms with Gasteiger partial charge in [0.2, 0.25) is 0 Å². The van der Waals surface area contributed by atoms with Crippen molar-refractivity contribution in [3.8, 4) is 5.75 Å². The second-order valence-corrected chi connectivity index (χ2v) is 6.84. The van der Waals surface area contributed by atoms with E-state index >= 15 is 0 Å². The van der Waals surface area contributed by atoms with Crippen molar-refractivity contribution in [1.29, 1.82) is 0 Å². The van der Waals surface area contributed by atoms with E-state index in [1.807, 2.05) is 30.3 Å². The quantitative estimate of drug-likeness (QED) is 0.599. The van der Waals surface area contributed by atoms with E-state index in [0.29, 0.717) is 32.3 Å². The third-order valence-corrected chi connectivity index (χ3v) is 4.31. The van der Waals surface area contributed by atoms with E-state index < -0.39 is 6.10 Å². The molecule has 0 heterocycles. The van der Waals surface area contributed by atoms with Crippen LogP contribution in [0.1, 0.15) is 43.9 Å². The molecule has 0 amide bonds. The van der Waals surface area contributed by atoms with Crippen LogP contribution in [0.2, 0.25) is 0 Å². The summed E-state index contributed by atoms with van der Waals surface area (Å²) in [5.74, 6) is 1.36. The van der Waals surface area contributed by atoms with Crippen molar-refractivity contribution in [2.45, 2.75) is 38.8 Å². The van der Waals surface area contributed by atoms with Crippen molar-refractivity contribution < 1.29 is 14.6 Å². The largest absolute Gasteiger partial charge is 0.491 e. The van der Waals surface area contributed by atoms with Gasteiger partial charge in [0.15, 0.2) is 0 Å². The first-order valence-electron chi connectivity index (χ1n) is 9.33. The monoisotopic (exact) mass is 357 g/mol. The van der Waals surface area contributed by atoms with E-state index in [1.54, 1.807) is 0 Å². The molecule has 0 spiro atoms. The number of aliphatic hydroxyl groups excluding tert-OH is 1. The second kappa shape index (κ2) is 11.0. The van der Waals surface area contributed by atoms with Crippen LogP contribution >= 0.6 is 0 Å². The number of hydrogen-bond donors (Lipinski definition) is 2. The van der Waals surface area contributed by atoms with Gasteiger partial charge in [-0.1, -0.05) is 56.3 Å². The molecule has 2 aromatic rings. The summed E-state index contributed by atoms with van der Waals surface area (Å²) in [6.45, 7) is 8.15. The molecule has 0 aromatic heterocycles. The fraction of sp³-hybridized carbons (Fsp3) is 0.455. The van der Waals surface area contributed by atoms with Crippen LogP contribution in [0.3, 0.4) is 0 Å². The zero-order chi connectivity index (χ0) is 18.8. The molecule has 26 heavy (non-hydrogen) atoms. The van der Waals surface area contributed by atoms with Crippen molar-refractivity contribution in [3.63, 3.8) is 0 Å². The molecule has 0 radical (unpaired) electrons. The molecule has 0 aliphatic carbocycles. The molecular formula is C22H31NO3. The standard InChI is InChI=1S/C22H31NO3/c1-17(2)19-9-11-22(12-10-19)26-14-13-25-16-21(24)15-23-18(3)20-7-5-4-6-8-20/h4-12,17-18,21,23-24H,13-16H2,1-3H3/t18-,21+/m0/s1. The highest BCUT2D eigenvalue weighted by molar-refractivity contribution is 5.28. The first kappa shape index (κ1) is 20.4. The lowest BCUT2D eigenvalue weighted by Crippen LogP contribution is -2.32. The molecule has 0 aliphatic heterocycles. The number of aliphatic hydroxyl groups is 1. The Morgan fingerprint density at radius 2 is 1.58 bits per heavy atom. The van der Waals surface area contributed by atoms with Crippen molar-refractivity contribution in [2.24, 2.45) is 0 Å². The Morgan fingerprint density at radius 3 is 2.23 bits per heavy atom. The van der Waals surface area contributed by atoms with Crippen LogP contribution in [0.4, 0.5) is 0 Å². The Bertz CT molecular complexity index is 613. The zero-order valence-corrected chi connectivity index (χ0v) is 16.0. The smallest absolute Gasteiger partial charge is 0.119 e. The van der Waals surface area contributed by atoms with Crippen LogP contribution < -0.4 is 10.1 Å². The predicted molar refractivity (Wildman–Crippen MR) is 106 cm³/mol. The highest BCUT2D eigenvalue weighted by Gasteiger charge is 2.08. The zero-order valence-electron chi connectivity index (χ0n) is 16.0. The summed E-state index contributed by atoms with van der Waals surface area (Å²) in [7, 11) is 0. The average molecular weight is 357 g/mol. The molecule has 2 aromatic carbocycles. The molecule has 4 heteroatoms. The van der Waals surface area contributed by atoms with E-state index in [0.717, 1.165) is 5.75 Å². The lowest BCUT2D eigenvalue weighted by molar-refractivity contribution is 0.0242. The lowest BCUT2D eigenvalue weighted by Gasteiger charge is -2.17. The molecular weight excluding hydrogens is 326 g/mol. The van der Waals surface area contributed by atoms with E-state index in [2.05, 4.69) is 50.4 Å². The van der Waals surface area contributed by atoms with Crippen LogP contribution in [0, 0.1) is 0 Å². The fourth-order valence-corrected chi connectivity index (χ4v) is 2.62. The van der Waals surface area contributed by atoms with Gasteiger partial charge in [0.25, 0.3) is 0 Å². The van der Waals surface area contributed by atoms with Gasteiger partial charge in [0.1, 0.15) is 12.4 Å². The average Bonchev–Trinajstić information content (AvgIpc) is 2.67. The Balaban J connectivity index is 1.56. The van der Waals surface area contributed by atoms with Crippen molar-refractivity contribution in [2.75, 3.05) is 26.4 Å². The van der Waals surface area contributed by atoms with Crippen LogP contribution in [-0.4, -0.2) is 37.6 Å². The van der Waals surface area contributed by atoms with Crippen molar-refractivity contribution in [1.82, 2.24) is 5.32 Å². The summed E-state index contributed by atoms with van der Waals surface area (Å²) in [6.07, 6.45) is -0.536. The third-order valence-electron chi connectivity index (χ3n) is 4.31. The van der Waals surface area contributed by atoms with Crippen LogP contribution in [-0.2, 0) is 4.74 Å². The second-order valence-electron chi connectivity index (χ2n) is 6.84. The molecule has 142 valence electrons. The van der Waals surface area contributed by atoms with Crippen molar-refractivity contribution >= 4 is 0 Å². The molecule has 0 bridgehead atoms. The van der Waals surface area contributed by atoms with E-state index in [1.165, 1.54) is 11.1 Å². The SMILES string of the molecule is CC(C)c1ccc(OCCOC[C@H](O)CN[C@@H](C)c2ccccc2)cc1. The van der Waals surface area contributed by atoms with Gasteiger partial charge in [-0.2, -0.15) is 0 Å². The Kier molecular flexibility index (Phi) is 8.62.